The molecule has 0 aliphatic carbocycles. The number of likely N-dealkylation sites (N-methyl/N-ethyl adjacent to an activating group) is 1. The molecule has 2 aromatic carbocycles. The second-order valence-corrected chi connectivity index (χ2v) is 7.98. The molecule has 1 heterocycles. The number of aliphatic hydroxyl groups excluding tert-OH is 1. The highest BCUT2D eigenvalue weighted by molar-refractivity contribution is 6.46. The number of likely N-dealkylation sites (tertiary alicyclic amines) is 1. The van der Waals surface area contributed by atoms with Gasteiger partial charge >= 0.3 is 0 Å². The molecule has 1 saturated heterocycles. The number of rotatable bonds is 8. The number of carbonyl (C=O) groups is 2. The summed E-state index contributed by atoms with van der Waals surface area (Å²) in [6.07, 6.45) is 0. The van der Waals surface area contributed by atoms with Gasteiger partial charge in [-0.1, -0.05) is 12.1 Å². The minimum absolute atomic E-state index is 0.0856. The molecule has 2 aromatic rings. The first-order valence-electron chi connectivity index (χ1n) is 10.6. The van der Waals surface area contributed by atoms with Crippen LogP contribution < -0.4 is 9.47 Å². The second-order valence-electron chi connectivity index (χ2n) is 7.98. The van der Waals surface area contributed by atoms with Gasteiger partial charge in [0, 0.05) is 18.7 Å². The Hall–Kier alpha value is -3.32. The lowest BCUT2D eigenvalue weighted by molar-refractivity contribution is -0.140. The van der Waals surface area contributed by atoms with Crippen molar-refractivity contribution in [1.29, 1.82) is 0 Å². The zero-order chi connectivity index (χ0) is 23.4. The molecule has 0 bridgehead atoms. The highest BCUT2D eigenvalue weighted by Crippen LogP contribution is 2.40. The van der Waals surface area contributed by atoms with E-state index in [4.69, 9.17) is 9.47 Å². The number of methoxy groups -OCH3 is 1. The molecule has 0 unspecified atom stereocenters. The summed E-state index contributed by atoms with van der Waals surface area (Å²) in [4.78, 5) is 29.5. The van der Waals surface area contributed by atoms with E-state index >= 15 is 0 Å². The Kier molecular flexibility index (Phi) is 7.20. The monoisotopic (exact) mass is 438 g/mol. The highest BCUT2D eigenvalue weighted by Gasteiger charge is 2.45. The molecule has 1 fully saturated rings. The maximum atomic E-state index is 13.1. The average Bonchev–Trinajstić information content (AvgIpc) is 3.02. The van der Waals surface area contributed by atoms with Crippen molar-refractivity contribution in [3.63, 3.8) is 0 Å². The Morgan fingerprint density at radius 3 is 2.38 bits per heavy atom. The van der Waals surface area contributed by atoms with Crippen LogP contribution in [0.2, 0.25) is 0 Å². The van der Waals surface area contributed by atoms with E-state index < -0.39 is 17.7 Å². The third-order valence-electron chi connectivity index (χ3n) is 5.50. The summed E-state index contributed by atoms with van der Waals surface area (Å²) >= 11 is 0. The van der Waals surface area contributed by atoms with Crippen LogP contribution in [0, 0.1) is 6.92 Å². The number of ether oxygens (including phenoxy) is 2. The van der Waals surface area contributed by atoms with E-state index in [9.17, 15) is 14.7 Å². The fourth-order valence-corrected chi connectivity index (χ4v) is 3.86. The molecule has 1 atom stereocenters. The van der Waals surface area contributed by atoms with Crippen molar-refractivity contribution >= 4 is 17.4 Å². The minimum Gasteiger partial charge on any atom is -0.507 e. The summed E-state index contributed by atoms with van der Waals surface area (Å²) < 4.78 is 10.8. The van der Waals surface area contributed by atoms with Gasteiger partial charge in [-0.15, -0.1) is 0 Å². The van der Waals surface area contributed by atoms with E-state index in [0.29, 0.717) is 36.8 Å². The predicted molar refractivity (Wildman–Crippen MR) is 123 cm³/mol. The molecule has 7 nitrogen and oxygen atoms in total. The van der Waals surface area contributed by atoms with E-state index in [0.717, 1.165) is 11.1 Å². The van der Waals surface area contributed by atoms with Crippen molar-refractivity contribution in [1.82, 2.24) is 9.80 Å². The fraction of sp³-hybridized carbons (Fsp3) is 0.360. The Morgan fingerprint density at radius 1 is 1.12 bits per heavy atom. The van der Waals surface area contributed by atoms with Crippen LogP contribution in [-0.2, 0) is 9.59 Å². The number of Topliss-reactive ketones (excluding diaryl/α,β-unsaturated/α-hetero) is 1. The van der Waals surface area contributed by atoms with Crippen LogP contribution in [-0.4, -0.2) is 67.5 Å². The Balaban J connectivity index is 2.12. The Labute approximate surface area is 188 Å². The molecule has 1 aliphatic heterocycles. The van der Waals surface area contributed by atoms with Crippen LogP contribution in [0.1, 0.15) is 29.7 Å². The first kappa shape index (κ1) is 23.3. The van der Waals surface area contributed by atoms with Gasteiger partial charge < -0.3 is 24.4 Å². The quantitative estimate of drug-likeness (QED) is 0.387. The number of aryl methyl sites for hydroxylation is 1. The largest absolute Gasteiger partial charge is 0.507 e. The minimum atomic E-state index is -0.687. The van der Waals surface area contributed by atoms with Crippen molar-refractivity contribution < 1.29 is 24.2 Å². The second kappa shape index (κ2) is 9.87. The first-order valence-corrected chi connectivity index (χ1v) is 10.6. The summed E-state index contributed by atoms with van der Waals surface area (Å²) in [5.41, 5.74) is 2.10. The molecular weight excluding hydrogens is 408 g/mol. The molecule has 0 aromatic heterocycles. The van der Waals surface area contributed by atoms with E-state index in [1.165, 1.54) is 4.90 Å². The first-order chi connectivity index (χ1) is 15.3. The summed E-state index contributed by atoms with van der Waals surface area (Å²) in [7, 11) is 5.38. The fourth-order valence-electron chi connectivity index (χ4n) is 3.86. The van der Waals surface area contributed by atoms with Gasteiger partial charge in [0.1, 0.15) is 17.3 Å². The molecule has 1 N–H and O–H groups in total. The smallest absolute Gasteiger partial charge is 0.295 e. The molecule has 0 radical (unpaired) electrons. The van der Waals surface area contributed by atoms with Crippen molar-refractivity contribution in [2.75, 3.05) is 40.9 Å². The summed E-state index contributed by atoms with van der Waals surface area (Å²) in [5.74, 6) is -0.116. The van der Waals surface area contributed by atoms with Crippen LogP contribution in [0.3, 0.4) is 0 Å². The van der Waals surface area contributed by atoms with Gasteiger partial charge in [-0.25, -0.2) is 0 Å². The Bertz CT molecular complexity index is 1030. The number of amides is 1. The van der Waals surface area contributed by atoms with Crippen LogP contribution >= 0.6 is 0 Å². The molecule has 32 heavy (non-hydrogen) atoms. The number of hydrogen-bond acceptors (Lipinski definition) is 6. The average molecular weight is 439 g/mol. The van der Waals surface area contributed by atoms with E-state index in [2.05, 4.69) is 0 Å². The maximum absolute atomic E-state index is 13.1. The predicted octanol–water partition coefficient (Wildman–Crippen LogP) is 3.39. The maximum Gasteiger partial charge on any atom is 0.295 e. The highest BCUT2D eigenvalue weighted by atomic mass is 16.5. The molecular formula is C25H30N2O5. The third-order valence-corrected chi connectivity index (χ3v) is 5.50. The SMILES string of the molecule is CCOc1ccc([C@H]2C(=C(O)c3ccc(OC)c(C)c3)C(=O)C(=O)N2CCN(C)C)cc1. The molecule has 170 valence electrons. The lowest BCUT2D eigenvalue weighted by atomic mass is 9.94. The number of hydrogen-bond donors (Lipinski definition) is 1. The lowest BCUT2D eigenvalue weighted by Crippen LogP contribution is -2.35. The summed E-state index contributed by atoms with van der Waals surface area (Å²) in [6.45, 7) is 5.24. The summed E-state index contributed by atoms with van der Waals surface area (Å²) in [5, 5.41) is 11.2. The van der Waals surface area contributed by atoms with Gasteiger partial charge in [-0.05, 0) is 69.4 Å². The number of carbonyl (C=O) groups excluding carboxylic acids is 2. The Morgan fingerprint density at radius 2 is 1.81 bits per heavy atom. The molecule has 0 spiro atoms. The molecule has 1 aliphatic rings. The van der Waals surface area contributed by atoms with Gasteiger partial charge in [0.05, 0.1) is 25.3 Å². The number of ketones is 1. The van der Waals surface area contributed by atoms with Crippen LogP contribution in [0.5, 0.6) is 11.5 Å². The third kappa shape index (κ3) is 4.62. The van der Waals surface area contributed by atoms with Crippen LogP contribution in [0.4, 0.5) is 0 Å². The van der Waals surface area contributed by atoms with Crippen LogP contribution in [0.15, 0.2) is 48.0 Å². The number of aliphatic hydroxyl groups is 1. The number of benzene rings is 2. The lowest BCUT2D eigenvalue weighted by Gasteiger charge is -2.26. The van der Waals surface area contributed by atoms with E-state index in [1.54, 1.807) is 25.3 Å². The summed E-state index contributed by atoms with van der Waals surface area (Å²) in [6, 6.07) is 11.8. The zero-order valence-corrected chi connectivity index (χ0v) is 19.2. The number of nitrogens with zero attached hydrogens (tertiary/aromatic N) is 2. The van der Waals surface area contributed by atoms with Crippen LogP contribution in [0.25, 0.3) is 5.76 Å². The van der Waals surface area contributed by atoms with Gasteiger partial charge in [-0.2, -0.15) is 0 Å². The van der Waals surface area contributed by atoms with Gasteiger partial charge in [-0.3, -0.25) is 9.59 Å². The van der Waals surface area contributed by atoms with E-state index in [-0.39, 0.29) is 11.3 Å². The molecule has 7 heteroatoms. The zero-order valence-electron chi connectivity index (χ0n) is 19.2. The van der Waals surface area contributed by atoms with Crippen molar-refractivity contribution in [3.8, 4) is 11.5 Å². The van der Waals surface area contributed by atoms with Gasteiger partial charge in [0.2, 0.25) is 0 Å². The molecule has 3 rings (SSSR count). The normalized spacial score (nSPS) is 17.8. The van der Waals surface area contributed by atoms with Crippen molar-refractivity contribution in [2.45, 2.75) is 19.9 Å². The molecule has 1 amide bonds. The van der Waals surface area contributed by atoms with Crippen molar-refractivity contribution in [3.05, 3.63) is 64.7 Å². The topological polar surface area (TPSA) is 79.3 Å². The van der Waals surface area contributed by atoms with Gasteiger partial charge in [0.15, 0.2) is 0 Å². The van der Waals surface area contributed by atoms with E-state index in [1.807, 2.05) is 57.1 Å². The standard InChI is InChI=1S/C25H30N2O5/c1-6-32-19-10-7-17(8-11-19)22-21(24(29)25(30)27(22)14-13-26(3)4)23(28)18-9-12-20(31-5)16(2)15-18/h7-12,15,22,28H,6,13-14H2,1-5H3/t22-/m0/s1. The molecule has 0 saturated carbocycles. The van der Waals surface area contributed by atoms with Crippen molar-refractivity contribution in [2.24, 2.45) is 0 Å². The van der Waals surface area contributed by atoms with Gasteiger partial charge in [0.25, 0.3) is 11.7 Å².